The minimum atomic E-state index is -1.82. The number of carbonyl (C=O) groups is 2. The molecule has 0 spiro atoms. The van der Waals surface area contributed by atoms with Crippen molar-refractivity contribution in [1.29, 1.82) is 5.26 Å². The van der Waals surface area contributed by atoms with Crippen molar-refractivity contribution in [1.82, 2.24) is 15.1 Å². The van der Waals surface area contributed by atoms with Crippen LogP contribution in [0.4, 0.5) is 4.79 Å². The molecule has 2 amide bonds. The zero-order valence-corrected chi connectivity index (χ0v) is 25.0. The first-order valence-corrected chi connectivity index (χ1v) is 14.8. The first kappa shape index (κ1) is 31.8. The van der Waals surface area contributed by atoms with Crippen molar-refractivity contribution in [3.63, 3.8) is 0 Å². The molecule has 1 aromatic carbocycles. The highest BCUT2D eigenvalue weighted by Crippen LogP contribution is 2.33. The third-order valence-electron chi connectivity index (χ3n) is 8.77. The topological polar surface area (TPSA) is 148 Å². The Kier molecular flexibility index (Phi) is 10.5. The van der Waals surface area contributed by atoms with Crippen molar-refractivity contribution < 1.29 is 33.5 Å². The largest absolute Gasteiger partial charge is 0.475 e. The van der Waals surface area contributed by atoms with Crippen LogP contribution in [0, 0.1) is 23.2 Å². The average Bonchev–Trinajstić information content (AvgIpc) is 3.54. The van der Waals surface area contributed by atoms with E-state index in [1.165, 1.54) is 6.26 Å². The van der Waals surface area contributed by atoms with Crippen LogP contribution in [0.25, 0.3) is 11.0 Å². The van der Waals surface area contributed by atoms with Crippen LogP contribution in [0.2, 0.25) is 0 Å². The third kappa shape index (κ3) is 7.45. The Labute approximate surface area is 247 Å². The smallest absolute Gasteiger partial charge is 0.464 e. The summed E-state index contributed by atoms with van der Waals surface area (Å²) in [5.41, 5.74) is 1.20. The fourth-order valence-corrected chi connectivity index (χ4v) is 6.45. The minimum absolute atomic E-state index is 0.0589. The summed E-state index contributed by atoms with van der Waals surface area (Å²) in [7, 11) is -1.82. The molecule has 42 heavy (non-hydrogen) atoms. The Hall–Kier alpha value is -3.11. The second kappa shape index (κ2) is 13.9. The molecule has 2 saturated heterocycles. The molecule has 3 heterocycles. The van der Waals surface area contributed by atoms with E-state index in [0.29, 0.717) is 31.6 Å². The number of furan rings is 1. The summed E-state index contributed by atoms with van der Waals surface area (Å²) in [6.07, 6.45) is 2.89. The van der Waals surface area contributed by atoms with E-state index in [4.69, 9.17) is 13.9 Å². The Morgan fingerprint density at radius 2 is 1.95 bits per heavy atom. The van der Waals surface area contributed by atoms with Crippen LogP contribution in [0.5, 0.6) is 0 Å². The number of para-hydroxylation sites is 1. The molecule has 2 aromatic rings. The van der Waals surface area contributed by atoms with Gasteiger partial charge in [-0.15, -0.1) is 0 Å². The second-order valence-corrected chi connectivity index (χ2v) is 12.2. The maximum Gasteiger partial charge on any atom is 0.475 e. The van der Waals surface area contributed by atoms with E-state index in [0.717, 1.165) is 30.5 Å². The van der Waals surface area contributed by atoms with E-state index in [9.17, 15) is 24.9 Å². The summed E-state index contributed by atoms with van der Waals surface area (Å²) in [5.74, 6) is -2.26. The van der Waals surface area contributed by atoms with Crippen LogP contribution < -0.4 is 5.32 Å². The first-order chi connectivity index (χ1) is 20.0. The summed E-state index contributed by atoms with van der Waals surface area (Å²) in [4.78, 5) is 30.5. The van der Waals surface area contributed by atoms with Gasteiger partial charge in [0.25, 0.3) is 0 Å². The van der Waals surface area contributed by atoms with Crippen molar-refractivity contribution in [2.75, 3.05) is 32.9 Å². The number of benzene rings is 1. The van der Waals surface area contributed by atoms with Gasteiger partial charge in [0.1, 0.15) is 18.1 Å². The number of hydrogen-bond donors (Lipinski definition) is 3. The van der Waals surface area contributed by atoms with Gasteiger partial charge in [-0.25, -0.2) is 4.79 Å². The van der Waals surface area contributed by atoms with Crippen molar-refractivity contribution >= 4 is 30.1 Å². The quantitative estimate of drug-likeness (QED) is 0.340. The molecule has 0 radical (unpaired) electrons. The van der Waals surface area contributed by atoms with Crippen molar-refractivity contribution in [3.05, 3.63) is 36.1 Å². The Morgan fingerprint density at radius 1 is 1.24 bits per heavy atom. The number of nitriles is 1. The van der Waals surface area contributed by atoms with Gasteiger partial charge in [0, 0.05) is 30.1 Å². The van der Waals surface area contributed by atoms with Crippen LogP contribution in [0.15, 0.2) is 34.9 Å². The molecule has 228 valence electrons. The van der Waals surface area contributed by atoms with Gasteiger partial charge in [0.05, 0.1) is 37.5 Å². The Morgan fingerprint density at radius 3 is 2.64 bits per heavy atom. The van der Waals surface area contributed by atoms with Crippen LogP contribution in [-0.2, 0) is 20.7 Å². The maximum absolute atomic E-state index is 13.7. The van der Waals surface area contributed by atoms with Crippen LogP contribution in [0.1, 0.15) is 52.5 Å². The van der Waals surface area contributed by atoms with Gasteiger partial charge >= 0.3 is 13.2 Å². The summed E-state index contributed by atoms with van der Waals surface area (Å²) in [6.45, 7) is 11.1. The second-order valence-electron chi connectivity index (χ2n) is 12.2. The van der Waals surface area contributed by atoms with Gasteiger partial charge in [0.15, 0.2) is 0 Å². The van der Waals surface area contributed by atoms with Crippen molar-refractivity contribution in [2.24, 2.45) is 11.8 Å². The molecule has 11 nitrogen and oxygen atoms in total. The highest BCUT2D eigenvalue weighted by atomic mass is 16.5. The lowest BCUT2D eigenvalue weighted by Gasteiger charge is -2.43. The molecule has 2 aliphatic rings. The van der Waals surface area contributed by atoms with Crippen LogP contribution >= 0.6 is 0 Å². The summed E-state index contributed by atoms with van der Waals surface area (Å²) in [6, 6.07) is 9.16. The van der Waals surface area contributed by atoms with Gasteiger partial charge in [-0.3, -0.25) is 9.69 Å². The number of alkyl carbamates (subject to hydrolysis) is 1. The Balaban J connectivity index is 1.35. The zero-order valence-electron chi connectivity index (χ0n) is 25.0. The maximum atomic E-state index is 13.7. The van der Waals surface area contributed by atoms with Crippen LogP contribution in [-0.4, -0.2) is 95.4 Å². The lowest BCUT2D eigenvalue weighted by molar-refractivity contribution is -0.139. The fourth-order valence-electron chi connectivity index (χ4n) is 6.45. The lowest BCUT2D eigenvalue weighted by atomic mass is 9.76. The number of amides is 2. The number of ether oxygens (including phenoxy) is 2. The van der Waals surface area contributed by atoms with E-state index < -0.39 is 25.1 Å². The standard InChI is InChI=1S/C30H43BN4O7/c1-20(16-30(3,4)34-11-13-40-14-12-34)25(17-32)28(36)35-21(2)9-10-23(35)19-42-29(37)33-27(31(38)39)15-22-18-41-26-8-6-5-7-24(22)26/h5-8,18,20-21,23,25,27,38-39H,9-16,19H2,1-4H3,(H,33,37)/t20?,21-,23+,25?,27-/m0/s1. The normalized spacial score (nSPS) is 21.9. The molecule has 0 aliphatic carbocycles. The number of carbonyl (C=O) groups excluding carboxylic acids is 2. The fraction of sp³-hybridized carbons (Fsp3) is 0.633. The van der Waals surface area contributed by atoms with Crippen molar-refractivity contribution in [3.8, 4) is 6.07 Å². The molecular formula is C30H43BN4O7. The monoisotopic (exact) mass is 582 g/mol. The molecule has 4 rings (SSSR count). The molecule has 12 heteroatoms. The van der Waals surface area contributed by atoms with E-state index in [-0.39, 0.29) is 42.5 Å². The van der Waals surface area contributed by atoms with Gasteiger partial charge < -0.3 is 34.2 Å². The highest BCUT2D eigenvalue weighted by molar-refractivity contribution is 6.43. The lowest BCUT2D eigenvalue weighted by Crippen LogP contribution is -2.52. The zero-order chi connectivity index (χ0) is 30.4. The van der Waals surface area contributed by atoms with E-state index in [2.05, 4.69) is 30.1 Å². The first-order valence-electron chi connectivity index (χ1n) is 14.8. The SMILES string of the molecule is CC(CC(C)(C)N1CCOCC1)C(C#N)C(=O)N1[C@@H](COC(=O)N[C@@H](Cc2coc3ccccc23)B(O)O)CC[C@@H]1C. The predicted molar refractivity (Wildman–Crippen MR) is 157 cm³/mol. The van der Waals surface area contributed by atoms with E-state index >= 15 is 0 Å². The Bertz CT molecular complexity index is 1260. The third-order valence-corrected chi connectivity index (χ3v) is 8.77. The molecule has 2 unspecified atom stereocenters. The number of nitrogens with one attached hydrogen (secondary N) is 1. The van der Waals surface area contributed by atoms with E-state index in [1.54, 1.807) is 4.90 Å². The van der Waals surface area contributed by atoms with Gasteiger partial charge in [-0.1, -0.05) is 25.1 Å². The van der Waals surface area contributed by atoms with Crippen molar-refractivity contribution in [2.45, 2.75) is 76.9 Å². The summed E-state index contributed by atoms with van der Waals surface area (Å²) < 4.78 is 16.5. The van der Waals surface area contributed by atoms with Crippen LogP contribution in [0.3, 0.4) is 0 Å². The van der Waals surface area contributed by atoms with E-state index in [1.807, 2.05) is 38.1 Å². The summed E-state index contributed by atoms with van der Waals surface area (Å²) >= 11 is 0. The number of fused-ring (bicyclic) bond motifs is 1. The molecule has 3 N–H and O–H groups in total. The number of rotatable bonds is 11. The molecule has 2 fully saturated rings. The number of hydrogen-bond acceptors (Lipinski definition) is 9. The average molecular weight is 583 g/mol. The molecule has 0 bridgehead atoms. The van der Waals surface area contributed by atoms with Gasteiger partial charge in [-0.2, -0.15) is 5.26 Å². The van der Waals surface area contributed by atoms with Gasteiger partial charge in [0.2, 0.25) is 5.91 Å². The molecular weight excluding hydrogens is 539 g/mol. The number of likely N-dealkylation sites (tertiary alicyclic amines) is 1. The number of nitrogens with zero attached hydrogens (tertiary/aromatic N) is 3. The molecule has 1 aromatic heterocycles. The minimum Gasteiger partial charge on any atom is -0.464 e. The number of morpholine rings is 1. The summed E-state index contributed by atoms with van der Waals surface area (Å²) in [5, 5.41) is 33.3. The molecule has 0 saturated carbocycles. The molecule has 2 aliphatic heterocycles. The molecule has 5 atom stereocenters. The van der Waals surface area contributed by atoms with Gasteiger partial charge in [-0.05, 0) is 64.0 Å². The predicted octanol–water partition coefficient (Wildman–Crippen LogP) is 2.74. The highest BCUT2D eigenvalue weighted by Gasteiger charge is 2.42.